The average Bonchev–Trinajstić information content (AvgIpc) is 3.21. The summed E-state index contributed by atoms with van der Waals surface area (Å²) in [4.78, 5) is 33.9. The number of nitrogens with one attached hydrogen (secondary N) is 2. The van der Waals surface area contributed by atoms with Crippen LogP contribution in [-0.4, -0.2) is 34.7 Å². The number of hydrogen-bond acceptors (Lipinski definition) is 4. The minimum Gasteiger partial charge on any atom is -0.357 e. The predicted octanol–water partition coefficient (Wildman–Crippen LogP) is 2.76. The van der Waals surface area contributed by atoms with Crippen LogP contribution in [0.2, 0.25) is 0 Å². The Labute approximate surface area is 147 Å². The smallest absolute Gasteiger partial charge is 0.268 e. The van der Waals surface area contributed by atoms with Crippen LogP contribution in [0.5, 0.6) is 0 Å². The lowest BCUT2D eigenvalue weighted by molar-refractivity contribution is 0.0945. The van der Waals surface area contributed by atoms with Crippen molar-refractivity contribution in [2.24, 2.45) is 0 Å². The number of Topliss-reactive ketones (excluding diaryl/α,β-unsaturated/α-hetero) is 1. The monoisotopic (exact) mass is 340 g/mol. The van der Waals surface area contributed by atoms with Crippen molar-refractivity contribution in [3.8, 4) is 0 Å². The van der Waals surface area contributed by atoms with Crippen molar-refractivity contribution in [3.63, 3.8) is 0 Å². The van der Waals surface area contributed by atoms with Gasteiger partial charge in [-0.05, 0) is 50.8 Å². The highest BCUT2D eigenvalue weighted by Crippen LogP contribution is 2.19. The zero-order valence-electron chi connectivity index (χ0n) is 15.0. The molecule has 0 atom stereocenters. The van der Waals surface area contributed by atoms with Crippen LogP contribution >= 0.6 is 0 Å². The third-order valence-electron chi connectivity index (χ3n) is 4.71. The lowest BCUT2D eigenvalue weighted by Gasteiger charge is -2.16. The van der Waals surface area contributed by atoms with E-state index < -0.39 is 0 Å². The van der Waals surface area contributed by atoms with Gasteiger partial charge in [0.1, 0.15) is 11.5 Å². The Bertz CT molecular complexity index is 787. The number of carbonyl (C=O) groups is 2. The Hall–Kier alpha value is -2.63. The number of H-pyrrole nitrogens is 1. The number of amides is 1. The summed E-state index contributed by atoms with van der Waals surface area (Å²) in [5.74, 6) is 0.748. The molecule has 2 N–H and O–H groups in total. The summed E-state index contributed by atoms with van der Waals surface area (Å²) in [7, 11) is 0. The molecule has 0 saturated carbocycles. The largest absolute Gasteiger partial charge is 0.357 e. The standard InChI is InChI=1S/C19H24N4O2/c1-12-17(14(3)24)13(2)22-18(12)19(25)21-11-15-6-7-16(20-10-15)23-8-4-5-9-23/h6-7,10,22H,4-5,8-9,11H2,1-3H3,(H,21,25). The molecule has 0 unspecified atom stereocenters. The summed E-state index contributed by atoms with van der Waals surface area (Å²) in [6.45, 7) is 7.64. The van der Waals surface area contributed by atoms with E-state index >= 15 is 0 Å². The molecule has 25 heavy (non-hydrogen) atoms. The molecule has 1 aliphatic heterocycles. The van der Waals surface area contributed by atoms with Crippen LogP contribution < -0.4 is 10.2 Å². The molecule has 1 amide bonds. The fourth-order valence-corrected chi connectivity index (χ4v) is 3.43. The highest BCUT2D eigenvalue weighted by atomic mass is 16.2. The SMILES string of the molecule is CC(=O)c1c(C)[nH]c(C(=O)NCc2ccc(N3CCCC3)nc2)c1C. The van der Waals surface area contributed by atoms with Crippen LogP contribution in [0.25, 0.3) is 0 Å². The molecule has 1 aliphatic rings. The zero-order chi connectivity index (χ0) is 18.0. The molecule has 2 aromatic heterocycles. The highest BCUT2D eigenvalue weighted by molar-refractivity contribution is 6.02. The molecule has 3 rings (SSSR count). The van der Waals surface area contributed by atoms with Crippen LogP contribution in [0.3, 0.4) is 0 Å². The van der Waals surface area contributed by atoms with E-state index in [4.69, 9.17) is 0 Å². The van der Waals surface area contributed by atoms with Crippen LogP contribution in [-0.2, 0) is 6.54 Å². The number of carbonyl (C=O) groups excluding carboxylic acids is 2. The Morgan fingerprint density at radius 1 is 1.24 bits per heavy atom. The molecule has 2 aromatic rings. The molecule has 0 aromatic carbocycles. The molecule has 0 spiro atoms. The number of aromatic nitrogens is 2. The Kier molecular flexibility index (Phi) is 4.88. The topological polar surface area (TPSA) is 78.1 Å². The van der Waals surface area contributed by atoms with Gasteiger partial charge in [0, 0.05) is 37.1 Å². The van der Waals surface area contributed by atoms with Gasteiger partial charge in [0.05, 0.1) is 0 Å². The van der Waals surface area contributed by atoms with Crippen molar-refractivity contribution in [3.05, 3.63) is 46.4 Å². The molecule has 132 valence electrons. The van der Waals surface area contributed by atoms with Gasteiger partial charge in [-0.25, -0.2) is 4.98 Å². The average molecular weight is 340 g/mol. The van der Waals surface area contributed by atoms with E-state index in [0.717, 1.165) is 30.2 Å². The van der Waals surface area contributed by atoms with Crippen molar-refractivity contribution in [1.82, 2.24) is 15.3 Å². The second kappa shape index (κ2) is 7.09. The molecule has 6 heteroatoms. The second-order valence-corrected chi connectivity index (χ2v) is 6.58. The van der Waals surface area contributed by atoms with Crippen molar-refractivity contribution < 1.29 is 9.59 Å². The van der Waals surface area contributed by atoms with Gasteiger partial charge in [-0.1, -0.05) is 6.07 Å². The zero-order valence-corrected chi connectivity index (χ0v) is 15.0. The van der Waals surface area contributed by atoms with E-state index in [-0.39, 0.29) is 11.7 Å². The normalized spacial score (nSPS) is 14.0. The fourth-order valence-electron chi connectivity index (χ4n) is 3.43. The third kappa shape index (κ3) is 3.57. The number of nitrogens with zero attached hydrogens (tertiary/aromatic N) is 2. The van der Waals surface area contributed by atoms with Crippen molar-refractivity contribution in [2.45, 2.75) is 40.2 Å². The van der Waals surface area contributed by atoms with E-state index in [9.17, 15) is 9.59 Å². The summed E-state index contributed by atoms with van der Waals surface area (Å²) in [5, 5.41) is 2.89. The maximum Gasteiger partial charge on any atom is 0.268 e. The Morgan fingerprint density at radius 2 is 1.96 bits per heavy atom. The van der Waals surface area contributed by atoms with Crippen molar-refractivity contribution in [2.75, 3.05) is 18.0 Å². The van der Waals surface area contributed by atoms with Crippen LogP contribution in [0, 0.1) is 13.8 Å². The summed E-state index contributed by atoms with van der Waals surface area (Å²) >= 11 is 0. The van der Waals surface area contributed by atoms with Crippen LogP contribution in [0.15, 0.2) is 18.3 Å². The number of anilines is 1. The lowest BCUT2D eigenvalue weighted by atomic mass is 10.1. The molecular formula is C19H24N4O2. The van der Waals surface area contributed by atoms with Gasteiger partial charge in [0.15, 0.2) is 5.78 Å². The van der Waals surface area contributed by atoms with Crippen LogP contribution in [0.4, 0.5) is 5.82 Å². The molecule has 1 fully saturated rings. The molecule has 6 nitrogen and oxygen atoms in total. The summed E-state index contributed by atoms with van der Waals surface area (Å²) in [6.07, 6.45) is 4.25. The van der Waals surface area contributed by atoms with E-state index in [2.05, 4.69) is 20.2 Å². The van der Waals surface area contributed by atoms with Gasteiger partial charge in [-0.2, -0.15) is 0 Å². The molecule has 0 bridgehead atoms. The Morgan fingerprint density at radius 3 is 2.52 bits per heavy atom. The summed E-state index contributed by atoms with van der Waals surface area (Å²) in [5.41, 5.74) is 3.42. The first-order chi connectivity index (χ1) is 12.0. The van der Waals surface area contributed by atoms with Gasteiger partial charge >= 0.3 is 0 Å². The molecule has 0 radical (unpaired) electrons. The molecule has 3 heterocycles. The van der Waals surface area contributed by atoms with Crippen LogP contribution in [0.1, 0.15) is 57.4 Å². The van der Waals surface area contributed by atoms with Gasteiger partial charge in [0.25, 0.3) is 5.91 Å². The lowest BCUT2D eigenvalue weighted by Crippen LogP contribution is -2.24. The van der Waals surface area contributed by atoms with Gasteiger partial charge < -0.3 is 15.2 Å². The summed E-state index contributed by atoms with van der Waals surface area (Å²) in [6, 6.07) is 4.00. The first-order valence-corrected chi connectivity index (χ1v) is 8.65. The maximum absolute atomic E-state index is 12.4. The first kappa shape index (κ1) is 17.2. The van der Waals surface area contributed by atoms with Crippen molar-refractivity contribution in [1.29, 1.82) is 0 Å². The molecular weight excluding hydrogens is 316 g/mol. The van der Waals surface area contributed by atoms with Crippen molar-refractivity contribution >= 4 is 17.5 Å². The Balaban J connectivity index is 1.64. The van der Waals surface area contributed by atoms with E-state index in [1.165, 1.54) is 19.8 Å². The van der Waals surface area contributed by atoms with E-state index in [1.54, 1.807) is 6.92 Å². The number of rotatable bonds is 5. The van der Waals surface area contributed by atoms with E-state index in [1.807, 2.05) is 25.3 Å². The quantitative estimate of drug-likeness (QED) is 0.821. The number of hydrogen-bond donors (Lipinski definition) is 2. The van der Waals surface area contributed by atoms with Gasteiger partial charge in [-0.3, -0.25) is 9.59 Å². The number of aromatic amines is 1. The number of pyridine rings is 1. The minimum atomic E-state index is -0.211. The maximum atomic E-state index is 12.4. The first-order valence-electron chi connectivity index (χ1n) is 8.65. The van der Waals surface area contributed by atoms with E-state index in [0.29, 0.717) is 23.4 Å². The van der Waals surface area contributed by atoms with Gasteiger partial charge in [-0.15, -0.1) is 0 Å². The third-order valence-corrected chi connectivity index (χ3v) is 4.71. The minimum absolute atomic E-state index is 0.0352. The number of aryl methyl sites for hydroxylation is 1. The predicted molar refractivity (Wildman–Crippen MR) is 97.1 cm³/mol. The molecule has 0 aliphatic carbocycles. The summed E-state index contributed by atoms with van der Waals surface area (Å²) < 4.78 is 0. The fraction of sp³-hybridized carbons (Fsp3) is 0.421. The second-order valence-electron chi connectivity index (χ2n) is 6.58. The highest BCUT2D eigenvalue weighted by Gasteiger charge is 2.19. The molecule has 1 saturated heterocycles. The number of ketones is 1. The van der Waals surface area contributed by atoms with Gasteiger partial charge in [0.2, 0.25) is 0 Å².